The van der Waals surface area contributed by atoms with E-state index in [1.54, 1.807) is 64.1 Å². The van der Waals surface area contributed by atoms with Crippen molar-refractivity contribution in [1.82, 2.24) is 0 Å². The van der Waals surface area contributed by atoms with Crippen LogP contribution in [-0.2, 0) is 19.2 Å². The summed E-state index contributed by atoms with van der Waals surface area (Å²) < 4.78 is 0. The first-order valence-corrected chi connectivity index (χ1v) is 13.6. The number of carbonyl (C=O) groups is 5. The number of aliphatic hydroxyl groups is 2. The molecule has 3 N–H and O–H groups in total. The summed E-state index contributed by atoms with van der Waals surface area (Å²) >= 11 is 0. The van der Waals surface area contributed by atoms with Crippen LogP contribution in [0.2, 0.25) is 0 Å². The predicted molar refractivity (Wildman–Crippen MR) is 144 cm³/mol. The lowest BCUT2D eigenvalue weighted by molar-refractivity contribution is -0.240. The van der Waals surface area contributed by atoms with Gasteiger partial charge in [0, 0.05) is 22.3 Å². The molecule has 0 heterocycles. The number of aliphatic hydroxyl groups excluding tert-OH is 1. The van der Waals surface area contributed by atoms with Crippen molar-refractivity contribution in [1.29, 1.82) is 0 Å². The highest BCUT2D eigenvalue weighted by Gasteiger charge is 2.80. The highest BCUT2D eigenvalue weighted by atomic mass is 16.3. The van der Waals surface area contributed by atoms with Gasteiger partial charge in [-0.3, -0.25) is 24.0 Å². The number of rotatable bonds is 3. The van der Waals surface area contributed by atoms with E-state index >= 15 is 0 Å². The summed E-state index contributed by atoms with van der Waals surface area (Å²) in [7, 11) is 0. The van der Waals surface area contributed by atoms with E-state index in [9.17, 15) is 39.3 Å². The first kappa shape index (κ1) is 28.1. The maximum Gasteiger partial charge on any atom is 0.191 e. The Morgan fingerprint density at radius 2 is 1.55 bits per heavy atom. The van der Waals surface area contributed by atoms with Crippen LogP contribution in [0.3, 0.4) is 0 Å². The van der Waals surface area contributed by atoms with Crippen molar-refractivity contribution in [2.45, 2.75) is 59.2 Å². The smallest absolute Gasteiger partial charge is 0.191 e. The number of Topliss-reactive ketones (excluding diaryl/α,β-unsaturated/α-hetero) is 5. The lowest BCUT2D eigenvalue weighted by Gasteiger charge is -2.65. The van der Waals surface area contributed by atoms with Crippen molar-refractivity contribution in [3.63, 3.8) is 0 Å². The Bertz CT molecular complexity index is 1490. The molecule has 8 atom stereocenters. The van der Waals surface area contributed by atoms with E-state index in [1.165, 1.54) is 6.92 Å². The summed E-state index contributed by atoms with van der Waals surface area (Å²) in [6.07, 6.45) is -1.68. The summed E-state index contributed by atoms with van der Waals surface area (Å²) in [6, 6.07) is 12.2. The largest absolute Gasteiger partial charge is 0.507 e. The molecule has 40 heavy (non-hydrogen) atoms. The van der Waals surface area contributed by atoms with Crippen LogP contribution < -0.4 is 0 Å². The Hall–Kier alpha value is -3.49. The van der Waals surface area contributed by atoms with Gasteiger partial charge in [-0.2, -0.15) is 0 Å². The van der Waals surface area contributed by atoms with Crippen molar-refractivity contribution < 1.29 is 39.3 Å². The fourth-order valence-corrected chi connectivity index (χ4v) is 8.20. The molecule has 8 heteroatoms. The lowest BCUT2D eigenvalue weighted by atomic mass is 9.37. The van der Waals surface area contributed by atoms with Gasteiger partial charge in [0.25, 0.3) is 0 Å². The number of phenolic OH excluding ortho intramolecular Hbond substituents is 1. The van der Waals surface area contributed by atoms with Gasteiger partial charge in [0.15, 0.2) is 28.7 Å². The average Bonchev–Trinajstić information content (AvgIpc) is 2.89. The molecule has 0 saturated heterocycles. The van der Waals surface area contributed by atoms with Crippen LogP contribution in [0.4, 0.5) is 0 Å². The van der Waals surface area contributed by atoms with Gasteiger partial charge in [-0.25, -0.2) is 0 Å². The normalized spacial score (nSPS) is 37.2. The maximum absolute atomic E-state index is 14.5. The Morgan fingerprint density at radius 1 is 0.950 bits per heavy atom. The Labute approximate surface area is 232 Å². The minimum atomic E-state index is -2.98. The number of hydrogen-bond donors (Lipinski definition) is 3. The summed E-state index contributed by atoms with van der Waals surface area (Å²) in [5.74, 6) is -11.2. The molecule has 0 spiro atoms. The van der Waals surface area contributed by atoms with Gasteiger partial charge in [-0.1, -0.05) is 77.1 Å². The molecule has 0 aliphatic heterocycles. The van der Waals surface area contributed by atoms with Crippen LogP contribution >= 0.6 is 0 Å². The van der Waals surface area contributed by atoms with Gasteiger partial charge >= 0.3 is 0 Å². The third-order valence-electron chi connectivity index (χ3n) is 10.3. The molecule has 5 rings (SSSR count). The van der Waals surface area contributed by atoms with Crippen LogP contribution in [0.1, 0.15) is 63.4 Å². The van der Waals surface area contributed by atoms with E-state index < -0.39 is 81.0 Å². The molecule has 2 fully saturated rings. The Balaban J connectivity index is 1.79. The fraction of sp³-hybridized carbons (Fsp3) is 0.469. The zero-order valence-corrected chi connectivity index (χ0v) is 23.4. The van der Waals surface area contributed by atoms with E-state index in [4.69, 9.17) is 0 Å². The third kappa shape index (κ3) is 3.06. The number of phenols is 1. The number of ketones is 5. The van der Waals surface area contributed by atoms with Crippen molar-refractivity contribution in [2.75, 3.05) is 0 Å². The van der Waals surface area contributed by atoms with E-state index in [-0.39, 0.29) is 11.3 Å². The minimum absolute atomic E-state index is 0.105. The number of benzene rings is 2. The second-order valence-corrected chi connectivity index (χ2v) is 12.5. The highest BCUT2D eigenvalue weighted by Crippen LogP contribution is 2.66. The molecule has 8 nitrogen and oxygen atoms in total. The van der Waals surface area contributed by atoms with Crippen LogP contribution in [-0.4, -0.2) is 55.9 Å². The standard InChI is InChI=1S/C32H34O8/c1-14(2)22-25(35)20(16(4)33)27(37)32(40)28(38)23-26(36)21-18(15(3)30(23,5)29(39)31(22,32)6)12-13-19(24(21)34)17-10-8-7-9-11-17/h7-15,20,22-23,29,34,39-40H,1-6H3/t15-,20?,22?,23?,29-,30+,31+,32+/m1/s1. The molecule has 3 aliphatic rings. The molecule has 2 aromatic carbocycles. The zero-order valence-electron chi connectivity index (χ0n) is 23.4. The fourth-order valence-electron chi connectivity index (χ4n) is 8.20. The Morgan fingerprint density at radius 3 is 2.10 bits per heavy atom. The van der Waals surface area contributed by atoms with Gasteiger partial charge in [0.05, 0.1) is 17.6 Å². The maximum atomic E-state index is 14.5. The third-order valence-corrected chi connectivity index (χ3v) is 10.3. The van der Waals surface area contributed by atoms with Crippen molar-refractivity contribution in [2.24, 2.45) is 34.5 Å². The van der Waals surface area contributed by atoms with Crippen LogP contribution in [0, 0.1) is 34.5 Å². The monoisotopic (exact) mass is 546 g/mol. The van der Waals surface area contributed by atoms with Gasteiger partial charge in [0.2, 0.25) is 0 Å². The molecule has 2 aromatic rings. The summed E-state index contributed by atoms with van der Waals surface area (Å²) in [4.78, 5) is 68.6. The molecule has 3 unspecified atom stereocenters. The van der Waals surface area contributed by atoms with Crippen LogP contribution in [0.15, 0.2) is 42.5 Å². The van der Waals surface area contributed by atoms with Gasteiger partial charge < -0.3 is 15.3 Å². The average molecular weight is 547 g/mol. The zero-order chi connectivity index (χ0) is 29.7. The summed E-state index contributed by atoms with van der Waals surface area (Å²) in [5.41, 5.74) is -5.21. The molecular weight excluding hydrogens is 512 g/mol. The molecular formula is C32H34O8. The van der Waals surface area contributed by atoms with Gasteiger partial charge in [-0.05, 0) is 29.9 Å². The first-order valence-electron chi connectivity index (χ1n) is 13.6. The van der Waals surface area contributed by atoms with E-state index in [1.807, 2.05) is 6.07 Å². The Kier molecular flexibility index (Phi) is 6.14. The molecule has 210 valence electrons. The van der Waals surface area contributed by atoms with E-state index in [2.05, 4.69) is 0 Å². The second kappa shape index (κ2) is 8.75. The quantitative estimate of drug-likeness (QED) is 0.497. The van der Waals surface area contributed by atoms with Crippen LogP contribution in [0.5, 0.6) is 5.75 Å². The molecule has 0 radical (unpaired) electrons. The van der Waals surface area contributed by atoms with Gasteiger partial charge in [0.1, 0.15) is 17.5 Å². The number of aromatic hydroxyl groups is 1. The minimum Gasteiger partial charge on any atom is -0.507 e. The second-order valence-electron chi connectivity index (χ2n) is 12.5. The number of hydrogen-bond acceptors (Lipinski definition) is 8. The summed E-state index contributed by atoms with van der Waals surface area (Å²) in [6.45, 7) is 9.00. The predicted octanol–water partition coefficient (Wildman–Crippen LogP) is 3.29. The molecule has 0 bridgehead atoms. The SMILES string of the molecule is CC(=O)C1C(=O)C(C(C)C)[C@@]2(C)[C@H](O)[C@]3(C)C(C(=O)c4c(ccc(-c5ccccc5)c4O)[C@H]3C)C(=O)[C@@]2(O)C1=O. The van der Waals surface area contributed by atoms with Gasteiger partial charge in [-0.15, -0.1) is 0 Å². The molecule has 0 amide bonds. The van der Waals surface area contributed by atoms with E-state index in [0.717, 1.165) is 6.92 Å². The number of fused-ring (bicyclic) bond motifs is 3. The lowest BCUT2D eigenvalue weighted by Crippen LogP contribution is -2.81. The topological polar surface area (TPSA) is 146 Å². The van der Waals surface area contributed by atoms with Crippen molar-refractivity contribution in [3.05, 3.63) is 53.6 Å². The number of carbonyl (C=O) groups excluding carboxylic acids is 5. The highest BCUT2D eigenvalue weighted by molar-refractivity contribution is 6.33. The molecule has 3 aliphatic carbocycles. The van der Waals surface area contributed by atoms with Crippen molar-refractivity contribution >= 4 is 28.9 Å². The van der Waals surface area contributed by atoms with Crippen LogP contribution in [0.25, 0.3) is 11.1 Å². The summed E-state index contributed by atoms with van der Waals surface area (Å²) in [5, 5.41) is 35.7. The van der Waals surface area contributed by atoms with Crippen molar-refractivity contribution in [3.8, 4) is 16.9 Å². The van der Waals surface area contributed by atoms with E-state index in [0.29, 0.717) is 16.7 Å². The molecule has 2 saturated carbocycles. The first-order chi connectivity index (χ1) is 18.6. The molecule has 0 aromatic heterocycles.